The van der Waals surface area contributed by atoms with Gasteiger partial charge in [-0.1, -0.05) is 39.7 Å². The second-order valence-electron chi connectivity index (χ2n) is 7.56. The molecule has 0 saturated heterocycles. The summed E-state index contributed by atoms with van der Waals surface area (Å²) < 4.78 is 7.21. The zero-order valence-corrected chi connectivity index (χ0v) is 21.0. The van der Waals surface area contributed by atoms with Crippen LogP contribution in [-0.2, 0) is 9.59 Å². The normalized spacial score (nSPS) is 10.6. The molecule has 3 amide bonds. The number of amides is 3. The lowest BCUT2D eigenvalue weighted by Gasteiger charge is -2.14. The summed E-state index contributed by atoms with van der Waals surface area (Å²) in [5.74, 6) is -1.83. The summed E-state index contributed by atoms with van der Waals surface area (Å²) in [7, 11) is 1.50. The highest BCUT2D eigenvalue weighted by atomic mass is 79.9. The summed E-state index contributed by atoms with van der Waals surface area (Å²) in [6, 6.07) is 18.7. The molecule has 35 heavy (non-hydrogen) atoms. The molecule has 0 atom stereocenters. The van der Waals surface area contributed by atoms with E-state index in [1.807, 2.05) is 0 Å². The number of fused-ring (bicyclic) bond motifs is 1. The zero-order chi connectivity index (χ0) is 25.1. The number of halogens is 2. The van der Waals surface area contributed by atoms with Crippen LogP contribution in [0.25, 0.3) is 10.9 Å². The Morgan fingerprint density at radius 2 is 1.71 bits per heavy atom. The van der Waals surface area contributed by atoms with Crippen molar-refractivity contribution in [2.75, 3.05) is 23.2 Å². The third-order valence-electron chi connectivity index (χ3n) is 5.26. The first-order valence-corrected chi connectivity index (χ1v) is 11.6. The number of carbonyl (C=O) groups excluding carboxylic acids is 3. The number of nitrogens with zero attached hydrogens (tertiary/aromatic N) is 1. The molecular formula is C25H20BrClN4O4. The Kier molecular flexibility index (Phi) is 7.09. The molecule has 0 aliphatic heterocycles. The highest BCUT2D eigenvalue weighted by Gasteiger charge is 2.22. The fraction of sp³-hybridized carbons (Fsp3) is 0.0800. The van der Waals surface area contributed by atoms with E-state index in [0.29, 0.717) is 38.6 Å². The third kappa shape index (κ3) is 5.31. The molecule has 4 aromatic rings. The Morgan fingerprint density at radius 1 is 0.943 bits per heavy atom. The van der Waals surface area contributed by atoms with Gasteiger partial charge in [0, 0.05) is 32.3 Å². The first kappa shape index (κ1) is 24.3. The lowest BCUT2D eigenvalue weighted by atomic mass is 10.2. The molecule has 0 spiro atoms. The molecule has 0 fully saturated rings. The van der Waals surface area contributed by atoms with Gasteiger partial charge in [-0.05, 0) is 61.0 Å². The molecule has 0 bridgehead atoms. The van der Waals surface area contributed by atoms with E-state index in [-0.39, 0.29) is 5.69 Å². The Balaban J connectivity index is 1.63. The standard InChI is InChI=1S/C25H20BrClN4O4/c1-14-19(27)7-4-8-20(14)29-23(32)22-12-15-11-16(26)9-10-21(15)31(22)30-25(34)24(33)28-17-5-3-6-18(13-17)35-2/h3-13H,1-2H3,(H,28,33)(H,29,32)(H,30,34). The van der Waals surface area contributed by atoms with Crippen LogP contribution in [-0.4, -0.2) is 29.5 Å². The van der Waals surface area contributed by atoms with Gasteiger partial charge in [0.05, 0.1) is 12.6 Å². The predicted octanol–water partition coefficient (Wildman–Crippen LogP) is 5.34. The van der Waals surface area contributed by atoms with Crippen LogP contribution in [0.4, 0.5) is 11.4 Å². The van der Waals surface area contributed by atoms with Crippen LogP contribution in [0.1, 0.15) is 16.1 Å². The summed E-state index contributed by atoms with van der Waals surface area (Å²) in [6.45, 7) is 1.79. The maximum absolute atomic E-state index is 13.2. The molecule has 3 N–H and O–H groups in total. The summed E-state index contributed by atoms with van der Waals surface area (Å²) in [5, 5.41) is 6.53. The van der Waals surface area contributed by atoms with Gasteiger partial charge in [-0.25, -0.2) is 4.68 Å². The Hall–Kier alpha value is -3.82. The van der Waals surface area contributed by atoms with E-state index >= 15 is 0 Å². The van der Waals surface area contributed by atoms with Gasteiger partial charge in [0.15, 0.2) is 0 Å². The van der Waals surface area contributed by atoms with Crippen molar-refractivity contribution in [2.24, 2.45) is 0 Å². The van der Waals surface area contributed by atoms with E-state index in [0.717, 1.165) is 4.47 Å². The van der Waals surface area contributed by atoms with Gasteiger partial charge in [-0.3, -0.25) is 19.8 Å². The topological polar surface area (TPSA) is 101 Å². The van der Waals surface area contributed by atoms with E-state index in [9.17, 15) is 14.4 Å². The fourth-order valence-corrected chi connectivity index (χ4v) is 4.00. The molecule has 8 nitrogen and oxygen atoms in total. The number of ether oxygens (including phenoxy) is 1. The van der Waals surface area contributed by atoms with Crippen molar-refractivity contribution in [3.05, 3.63) is 87.5 Å². The van der Waals surface area contributed by atoms with Crippen molar-refractivity contribution < 1.29 is 19.1 Å². The zero-order valence-electron chi connectivity index (χ0n) is 18.7. The fourth-order valence-electron chi connectivity index (χ4n) is 3.44. The van der Waals surface area contributed by atoms with E-state index in [4.69, 9.17) is 16.3 Å². The summed E-state index contributed by atoms with van der Waals surface area (Å²) >= 11 is 9.59. The van der Waals surface area contributed by atoms with Gasteiger partial charge < -0.3 is 15.4 Å². The number of carbonyl (C=O) groups is 3. The van der Waals surface area contributed by atoms with Crippen LogP contribution in [0.5, 0.6) is 5.75 Å². The number of methoxy groups -OCH3 is 1. The maximum atomic E-state index is 13.2. The molecule has 4 rings (SSSR count). The molecule has 178 valence electrons. The van der Waals surface area contributed by atoms with E-state index in [1.165, 1.54) is 11.8 Å². The van der Waals surface area contributed by atoms with Crippen molar-refractivity contribution >= 4 is 67.5 Å². The van der Waals surface area contributed by atoms with Gasteiger partial charge in [-0.2, -0.15) is 0 Å². The predicted molar refractivity (Wildman–Crippen MR) is 140 cm³/mol. The lowest BCUT2D eigenvalue weighted by Crippen LogP contribution is -2.36. The van der Waals surface area contributed by atoms with Crippen LogP contribution >= 0.6 is 27.5 Å². The van der Waals surface area contributed by atoms with Crippen molar-refractivity contribution in [3.63, 3.8) is 0 Å². The van der Waals surface area contributed by atoms with Gasteiger partial charge in [0.1, 0.15) is 11.4 Å². The van der Waals surface area contributed by atoms with Crippen molar-refractivity contribution in [2.45, 2.75) is 6.92 Å². The minimum Gasteiger partial charge on any atom is -0.497 e. The third-order valence-corrected chi connectivity index (χ3v) is 6.16. The van der Waals surface area contributed by atoms with Gasteiger partial charge in [-0.15, -0.1) is 0 Å². The molecule has 1 aromatic heterocycles. The largest absolute Gasteiger partial charge is 0.497 e. The number of hydrogen-bond donors (Lipinski definition) is 3. The van der Waals surface area contributed by atoms with Crippen molar-refractivity contribution in [1.29, 1.82) is 0 Å². The lowest BCUT2D eigenvalue weighted by molar-refractivity contribution is -0.133. The second kappa shape index (κ2) is 10.2. The minimum absolute atomic E-state index is 0.125. The Labute approximate surface area is 214 Å². The number of anilines is 2. The smallest absolute Gasteiger partial charge is 0.328 e. The monoisotopic (exact) mass is 554 g/mol. The van der Waals surface area contributed by atoms with Crippen LogP contribution in [0.2, 0.25) is 5.02 Å². The average molecular weight is 556 g/mol. The molecule has 0 aliphatic carbocycles. The molecular weight excluding hydrogens is 536 g/mol. The van der Waals surface area contributed by atoms with Crippen LogP contribution in [0.3, 0.4) is 0 Å². The number of nitrogens with one attached hydrogen (secondary N) is 3. The quantitative estimate of drug-likeness (QED) is 0.290. The van der Waals surface area contributed by atoms with E-state index in [2.05, 4.69) is 32.0 Å². The summed E-state index contributed by atoms with van der Waals surface area (Å²) in [5.41, 5.74) is 4.81. The maximum Gasteiger partial charge on any atom is 0.328 e. The number of rotatable bonds is 5. The minimum atomic E-state index is -0.957. The molecule has 1 heterocycles. The van der Waals surface area contributed by atoms with Gasteiger partial charge in [0.25, 0.3) is 5.91 Å². The van der Waals surface area contributed by atoms with Crippen molar-refractivity contribution in [3.8, 4) is 5.75 Å². The average Bonchev–Trinajstić information content (AvgIpc) is 3.19. The number of benzene rings is 3. The molecule has 0 saturated carbocycles. The second-order valence-corrected chi connectivity index (χ2v) is 8.88. The Bertz CT molecular complexity index is 1470. The first-order valence-electron chi connectivity index (χ1n) is 10.4. The number of hydrogen-bond acceptors (Lipinski definition) is 4. The number of aromatic nitrogens is 1. The van der Waals surface area contributed by atoms with Gasteiger partial charge >= 0.3 is 11.8 Å². The molecule has 0 radical (unpaired) electrons. The van der Waals surface area contributed by atoms with Crippen LogP contribution < -0.4 is 20.8 Å². The molecule has 0 aliphatic rings. The first-order chi connectivity index (χ1) is 16.8. The Morgan fingerprint density at radius 3 is 2.49 bits per heavy atom. The molecule has 0 unspecified atom stereocenters. The van der Waals surface area contributed by atoms with E-state index < -0.39 is 17.7 Å². The summed E-state index contributed by atoms with van der Waals surface area (Å²) in [4.78, 5) is 38.6. The van der Waals surface area contributed by atoms with Crippen LogP contribution in [0, 0.1) is 6.92 Å². The van der Waals surface area contributed by atoms with E-state index in [1.54, 1.807) is 73.7 Å². The van der Waals surface area contributed by atoms with Crippen LogP contribution in [0.15, 0.2) is 71.2 Å². The molecule has 3 aromatic carbocycles. The SMILES string of the molecule is COc1cccc(NC(=O)C(=O)Nn2c(C(=O)Nc3cccc(Cl)c3C)cc3cc(Br)ccc32)c1. The van der Waals surface area contributed by atoms with Gasteiger partial charge in [0.2, 0.25) is 0 Å². The highest BCUT2D eigenvalue weighted by molar-refractivity contribution is 9.10. The summed E-state index contributed by atoms with van der Waals surface area (Å²) in [6.07, 6.45) is 0. The van der Waals surface area contributed by atoms with Crippen molar-refractivity contribution in [1.82, 2.24) is 4.68 Å². The highest BCUT2D eigenvalue weighted by Crippen LogP contribution is 2.26. The molecule has 10 heteroatoms.